The molecule has 1 rings (SSSR count). The van der Waals surface area contributed by atoms with E-state index in [0.717, 1.165) is 18.8 Å². The Morgan fingerprint density at radius 3 is 2.25 bits per heavy atom. The summed E-state index contributed by atoms with van der Waals surface area (Å²) in [6, 6.07) is 0.162. The van der Waals surface area contributed by atoms with Crippen molar-refractivity contribution in [1.82, 2.24) is 0 Å². The molecule has 1 aliphatic rings. The van der Waals surface area contributed by atoms with Gasteiger partial charge in [-0.05, 0) is 38.5 Å². The molecule has 1 saturated carbocycles. The Balaban J connectivity index is 2.57. The van der Waals surface area contributed by atoms with Crippen molar-refractivity contribution in [2.75, 3.05) is 7.11 Å². The molecule has 0 spiro atoms. The Hall–Kier alpha value is -0.0800. The van der Waals surface area contributed by atoms with Gasteiger partial charge in [0.2, 0.25) is 0 Å². The molecule has 0 saturated heterocycles. The molecular weight excluding hydrogens is 150 g/mol. The summed E-state index contributed by atoms with van der Waals surface area (Å²) in [5.74, 6) is 0.854. The van der Waals surface area contributed by atoms with E-state index in [0.29, 0.717) is 0 Å². The van der Waals surface area contributed by atoms with Crippen LogP contribution in [0, 0.1) is 5.92 Å². The van der Waals surface area contributed by atoms with Gasteiger partial charge < -0.3 is 10.5 Å². The number of hydrogen-bond donors (Lipinski definition) is 1. The maximum atomic E-state index is 5.93. The van der Waals surface area contributed by atoms with Gasteiger partial charge in [0.15, 0.2) is 0 Å². The second kappa shape index (κ2) is 3.75. The average molecular weight is 171 g/mol. The van der Waals surface area contributed by atoms with Crippen LogP contribution in [0.15, 0.2) is 0 Å². The highest BCUT2D eigenvalue weighted by Crippen LogP contribution is 2.35. The molecule has 0 radical (unpaired) electrons. The van der Waals surface area contributed by atoms with Crippen LogP contribution in [0.1, 0.15) is 39.5 Å². The second-order valence-corrected chi connectivity index (χ2v) is 4.24. The topological polar surface area (TPSA) is 35.2 Å². The minimum atomic E-state index is -0.0213. The predicted octanol–water partition coefficient (Wildman–Crippen LogP) is 1.93. The van der Waals surface area contributed by atoms with Crippen molar-refractivity contribution in [2.45, 2.75) is 51.2 Å². The van der Waals surface area contributed by atoms with Crippen molar-refractivity contribution in [3.05, 3.63) is 0 Å². The van der Waals surface area contributed by atoms with E-state index >= 15 is 0 Å². The van der Waals surface area contributed by atoms with Gasteiger partial charge in [-0.15, -0.1) is 0 Å². The summed E-state index contributed by atoms with van der Waals surface area (Å²) < 4.78 is 5.56. The summed E-state index contributed by atoms with van der Waals surface area (Å²) >= 11 is 0. The van der Waals surface area contributed by atoms with Crippen LogP contribution in [0.2, 0.25) is 0 Å². The van der Waals surface area contributed by atoms with E-state index < -0.39 is 0 Å². The minimum absolute atomic E-state index is 0.0213. The third-order valence-electron chi connectivity index (χ3n) is 3.36. The average Bonchev–Trinajstić information content (AvgIpc) is 2.06. The maximum absolute atomic E-state index is 5.93. The maximum Gasteiger partial charge on any atom is 0.0826 e. The first-order valence-corrected chi connectivity index (χ1v) is 4.91. The molecule has 1 fully saturated rings. The highest BCUT2D eigenvalue weighted by atomic mass is 16.5. The lowest BCUT2D eigenvalue weighted by atomic mass is 9.76. The molecule has 1 aliphatic carbocycles. The van der Waals surface area contributed by atoms with Crippen molar-refractivity contribution in [2.24, 2.45) is 11.7 Å². The molecule has 0 heterocycles. The molecule has 0 aromatic rings. The summed E-state index contributed by atoms with van der Waals surface area (Å²) in [4.78, 5) is 0. The third kappa shape index (κ3) is 1.80. The summed E-state index contributed by atoms with van der Waals surface area (Å²) in [5.41, 5.74) is 5.91. The van der Waals surface area contributed by atoms with Gasteiger partial charge in [0.05, 0.1) is 5.60 Å². The predicted molar refractivity (Wildman–Crippen MR) is 51.0 cm³/mol. The smallest absolute Gasteiger partial charge is 0.0826 e. The molecule has 1 atom stereocenters. The number of rotatable bonds is 2. The van der Waals surface area contributed by atoms with E-state index in [1.807, 2.05) is 0 Å². The normalized spacial score (nSPS) is 39.5. The van der Waals surface area contributed by atoms with Gasteiger partial charge in [-0.1, -0.05) is 6.92 Å². The quantitative estimate of drug-likeness (QED) is 0.689. The van der Waals surface area contributed by atoms with E-state index in [9.17, 15) is 0 Å². The number of hydrogen-bond acceptors (Lipinski definition) is 2. The number of methoxy groups -OCH3 is 1. The standard InChI is InChI=1S/C10H21NO/c1-8-4-6-10(12-3,7-5-8)9(2)11/h8-9H,4-7,11H2,1-3H3/t8?,9-,10?/m1/s1. The molecule has 0 unspecified atom stereocenters. The fourth-order valence-electron chi connectivity index (χ4n) is 2.10. The highest BCUT2D eigenvalue weighted by Gasteiger charge is 2.37. The molecule has 0 bridgehead atoms. The van der Waals surface area contributed by atoms with Crippen LogP contribution in [0.5, 0.6) is 0 Å². The number of nitrogens with two attached hydrogens (primary N) is 1. The van der Waals surface area contributed by atoms with Gasteiger partial charge in [0, 0.05) is 13.2 Å². The zero-order valence-electron chi connectivity index (χ0n) is 8.47. The Morgan fingerprint density at radius 2 is 1.92 bits per heavy atom. The summed E-state index contributed by atoms with van der Waals surface area (Å²) in [7, 11) is 1.79. The van der Waals surface area contributed by atoms with Crippen LogP contribution >= 0.6 is 0 Å². The Kier molecular flexibility index (Phi) is 3.13. The molecule has 2 nitrogen and oxygen atoms in total. The van der Waals surface area contributed by atoms with Gasteiger partial charge in [0.1, 0.15) is 0 Å². The van der Waals surface area contributed by atoms with Crippen molar-refractivity contribution in [3.63, 3.8) is 0 Å². The van der Waals surface area contributed by atoms with E-state index in [1.165, 1.54) is 12.8 Å². The molecule has 0 aromatic carbocycles. The van der Waals surface area contributed by atoms with Crippen LogP contribution in [0.4, 0.5) is 0 Å². The summed E-state index contributed by atoms with van der Waals surface area (Å²) in [6.45, 7) is 4.36. The van der Waals surface area contributed by atoms with Gasteiger partial charge in [-0.2, -0.15) is 0 Å². The molecule has 0 aliphatic heterocycles. The zero-order valence-corrected chi connectivity index (χ0v) is 8.47. The fraction of sp³-hybridized carbons (Fsp3) is 1.00. The molecule has 0 amide bonds. The van der Waals surface area contributed by atoms with Gasteiger partial charge >= 0.3 is 0 Å². The molecule has 12 heavy (non-hydrogen) atoms. The second-order valence-electron chi connectivity index (χ2n) is 4.24. The van der Waals surface area contributed by atoms with Crippen LogP contribution in [0.3, 0.4) is 0 Å². The monoisotopic (exact) mass is 171 g/mol. The van der Waals surface area contributed by atoms with E-state index in [2.05, 4.69) is 13.8 Å². The van der Waals surface area contributed by atoms with Gasteiger partial charge in [-0.25, -0.2) is 0 Å². The van der Waals surface area contributed by atoms with Crippen molar-refractivity contribution >= 4 is 0 Å². The lowest BCUT2D eigenvalue weighted by Crippen LogP contribution is -2.49. The molecule has 0 aromatic heterocycles. The Morgan fingerprint density at radius 1 is 1.42 bits per heavy atom. The lowest BCUT2D eigenvalue weighted by molar-refractivity contribution is -0.0621. The first kappa shape index (κ1) is 10.0. The van der Waals surface area contributed by atoms with Crippen LogP contribution in [-0.4, -0.2) is 18.8 Å². The van der Waals surface area contributed by atoms with E-state index in [-0.39, 0.29) is 11.6 Å². The van der Waals surface area contributed by atoms with Crippen LogP contribution in [0.25, 0.3) is 0 Å². The molecule has 2 heteroatoms. The van der Waals surface area contributed by atoms with Gasteiger partial charge in [-0.3, -0.25) is 0 Å². The molecular formula is C10H21NO. The summed E-state index contributed by atoms with van der Waals surface area (Å²) in [5, 5.41) is 0. The highest BCUT2D eigenvalue weighted by molar-refractivity contribution is 4.92. The molecule has 72 valence electrons. The SMILES string of the molecule is COC1([C@@H](C)N)CCC(C)CC1. The Labute approximate surface area is 75.5 Å². The first-order chi connectivity index (χ1) is 5.60. The number of ether oxygens (including phenoxy) is 1. The minimum Gasteiger partial charge on any atom is -0.377 e. The van der Waals surface area contributed by atoms with E-state index in [1.54, 1.807) is 7.11 Å². The fourth-order valence-corrected chi connectivity index (χ4v) is 2.10. The van der Waals surface area contributed by atoms with E-state index in [4.69, 9.17) is 10.5 Å². The summed E-state index contributed by atoms with van der Waals surface area (Å²) in [6.07, 6.45) is 4.77. The lowest BCUT2D eigenvalue weighted by Gasteiger charge is -2.41. The van der Waals surface area contributed by atoms with Crippen molar-refractivity contribution in [3.8, 4) is 0 Å². The third-order valence-corrected chi connectivity index (χ3v) is 3.36. The van der Waals surface area contributed by atoms with Crippen LogP contribution < -0.4 is 5.73 Å². The first-order valence-electron chi connectivity index (χ1n) is 4.91. The largest absolute Gasteiger partial charge is 0.377 e. The van der Waals surface area contributed by atoms with Gasteiger partial charge in [0.25, 0.3) is 0 Å². The van der Waals surface area contributed by atoms with Crippen molar-refractivity contribution in [1.29, 1.82) is 0 Å². The Bertz CT molecular complexity index is 137. The van der Waals surface area contributed by atoms with Crippen molar-refractivity contribution < 1.29 is 4.74 Å². The molecule has 2 N–H and O–H groups in total. The van der Waals surface area contributed by atoms with Crippen LogP contribution in [-0.2, 0) is 4.74 Å². The zero-order chi connectivity index (χ0) is 9.19.